The molecule has 1 amide bonds. The number of piperidine rings is 1. The van der Waals surface area contributed by atoms with Gasteiger partial charge in [-0.05, 0) is 36.5 Å². The zero-order valence-electron chi connectivity index (χ0n) is 11.3. The van der Waals surface area contributed by atoms with Crippen molar-refractivity contribution in [3.05, 3.63) is 35.6 Å². The zero-order valence-corrected chi connectivity index (χ0v) is 11.3. The summed E-state index contributed by atoms with van der Waals surface area (Å²) in [5, 5.41) is 0. The molecule has 2 rings (SSSR count). The van der Waals surface area contributed by atoms with Gasteiger partial charge in [0.1, 0.15) is 5.82 Å². The molecule has 1 heterocycles. The van der Waals surface area contributed by atoms with Crippen LogP contribution in [0, 0.1) is 11.7 Å². The first-order valence-corrected chi connectivity index (χ1v) is 6.84. The molecule has 1 aliphatic rings. The molecule has 19 heavy (non-hydrogen) atoms. The van der Waals surface area contributed by atoms with E-state index < -0.39 is 0 Å². The van der Waals surface area contributed by atoms with Crippen LogP contribution >= 0.6 is 0 Å². The Kier molecular flexibility index (Phi) is 4.53. The van der Waals surface area contributed by atoms with E-state index in [1.807, 2.05) is 4.90 Å². The first-order valence-electron chi connectivity index (χ1n) is 6.84. The standard InChI is InChI=1S/C15H21FN2O/c1-11-5-6-18(14(7-11)10-17)15(19)9-12-3-2-4-13(16)8-12/h2-4,8,11,14H,5-7,9-10,17H2,1H3. The molecule has 1 aromatic carbocycles. The summed E-state index contributed by atoms with van der Waals surface area (Å²) in [6.45, 7) is 3.45. The second kappa shape index (κ2) is 6.15. The van der Waals surface area contributed by atoms with Gasteiger partial charge in [0.25, 0.3) is 0 Å². The summed E-state index contributed by atoms with van der Waals surface area (Å²) in [7, 11) is 0. The monoisotopic (exact) mass is 264 g/mol. The molecule has 4 heteroatoms. The number of hydrogen-bond acceptors (Lipinski definition) is 2. The highest BCUT2D eigenvalue weighted by Crippen LogP contribution is 2.22. The summed E-state index contributed by atoms with van der Waals surface area (Å²) in [6.07, 6.45) is 2.24. The number of halogens is 1. The molecule has 2 atom stereocenters. The fourth-order valence-electron chi connectivity index (χ4n) is 2.73. The van der Waals surface area contributed by atoms with Crippen LogP contribution in [0.5, 0.6) is 0 Å². The fraction of sp³-hybridized carbons (Fsp3) is 0.533. The van der Waals surface area contributed by atoms with E-state index in [0.29, 0.717) is 12.5 Å². The van der Waals surface area contributed by atoms with Gasteiger partial charge in [-0.25, -0.2) is 4.39 Å². The Morgan fingerprint density at radius 1 is 1.53 bits per heavy atom. The minimum atomic E-state index is -0.298. The fourth-order valence-corrected chi connectivity index (χ4v) is 2.73. The second-order valence-electron chi connectivity index (χ2n) is 5.41. The summed E-state index contributed by atoms with van der Waals surface area (Å²) in [6, 6.07) is 6.35. The number of nitrogens with zero attached hydrogens (tertiary/aromatic N) is 1. The molecule has 1 aliphatic heterocycles. The lowest BCUT2D eigenvalue weighted by molar-refractivity contribution is -0.134. The predicted molar refractivity (Wildman–Crippen MR) is 73.1 cm³/mol. The molecule has 2 unspecified atom stereocenters. The van der Waals surface area contributed by atoms with Crippen LogP contribution < -0.4 is 5.73 Å². The maximum Gasteiger partial charge on any atom is 0.227 e. The number of nitrogens with two attached hydrogens (primary N) is 1. The van der Waals surface area contributed by atoms with Crippen LogP contribution in [0.15, 0.2) is 24.3 Å². The molecular formula is C15H21FN2O. The highest BCUT2D eigenvalue weighted by Gasteiger charge is 2.28. The SMILES string of the molecule is CC1CCN(C(=O)Cc2cccc(F)c2)C(CN)C1. The maximum atomic E-state index is 13.1. The molecule has 1 aromatic rings. The molecule has 0 aliphatic carbocycles. The Balaban J connectivity index is 2.02. The van der Waals surface area contributed by atoms with Crippen molar-refractivity contribution < 1.29 is 9.18 Å². The topological polar surface area (TPSA) is 46.3 Å². The van der Waals surface area contributed by atoms with E-state index in [-0.39, 0.29) is 24.2 Å². The third-order valence-electron chi connectivity index (χ3n) is 3.81. The Labute approximate surface area is 113 Å². The van der Waals surface area contributed by atoms with E-state index in [0.717, 1.165) is 24.9 Å². The van der Waals surface area contributed by atoms with Crippen molar-refractivity contribution in [3.63, 3.8) is 0 Å². The molecule has 0 spiro atoms. The normalized spacial score (nSPS) is 23.4. The summed E-state index contributed by atoms with van der Waals surface area (Å²) in [5.41, 5.74) is 6.48. The lowest BCUT2D eigenvalue weighted by Gasteiger charge is -2.38. The van der Waals surface area contributed by atoms with Gasteiger partial charge in [0.2, 0.25) is 5.91 Å². The average molecular weight is 264 g/mol. The summed E-state index contributed by atoms with van der Waals surface area (Å²) in [5.74, 6) is 0.368. The number of rotatable bonds is 3. The molecule has 0 aromatic heterocycles. The molecule has 3 nitrogen and oxygen atoms in total. The van der Waals surface area contributed by atoms with Crippen LogP contribution in [-0.2, 0) is 11.2 Å². The van der Waals surface area contributed by atoms with Gasteiger partial charge in [0.05, 0.1) is 6.42 Å². The molecule has 104 valence electrons. The van der Waals surface area contributed by atoms with Crippen molar-refractivity contribution in [2.75, 3.05) is 13.1 Å². The lowest BCUT2D eigenvalue weighted by Crippen LogP contribution is -2.49. The van der Waals surface area contributed by atoms with Crippen LogP contribution in [0.3, 0.4) is 0 Å². The number of carbonyl (C=O) groups is 1. The van der Waals surface area contributed by atoms with Crippen LogP contribution in [0.4, 0.5) is 4.39 Å². The van der Waals surface area contributed by atoms with E-state index in [9.17, 15) is 9.18 Å². The molecule has 0 bridgehead atoms. The van der Waals surface area contributed by atoms with E-state index in [4.69, 9.17) is 5.73 Å². The highest BCUT2D eigenvalue weighted by atomic mass is 19.1. The molecule has 0 radical (unpaired) electrons. The number of likely N-dealkylation sites (tertiary alicyclic amines) is 1. The summed E-state index contributed by atoms with van der Waals surface area (Å²) >= 11 is 0. The molecule has 1 saturated heterocycles. The van der Waals surface area contributed by atoms with E-state index in [1.54, 1.807) is 12.1 Å². The zero-order chi connectivity index (χ0) is 13.8. The van der Waals surface area contributed by atoms with Gasteiger partial charge in [-0.2, -0.15) is 0 Å². The first-order chi connectivity index (χ1) is 9.10. The average Bonchev–Trinajstić information content (AvgIpc) is 2.38. The predicted octanol–water partition coefficient (Wildman–Crippen LogP) is 1.95. The largest absolute Gasteiger partial charge is 0.338 e. The third-order valence-corrected chi connectivity index (χ3v) is 3.81. The van der Waals surface area contributed by atoms with Crippen molar-refractivity contribution in [2.45, 2.75) is 32.2 Å². The smallest absolute Gasteiger partial charge is 0.227 e. The van der Waals surface area contributed by atoms with Gasteiger partial charge in [-0.15, -0.1) is 0 Å². The van der Waals surface area contributed by atoms with Crippen LogP contribution in [0.25, 0.3) is 0 Å². The van der Waals surface area contributed by atoms with Crippen molar-refractivity contribution in [3.8, 4) is 0 Å². The minimum absolute atomic E-state index is 0.0490. The molecule has 1 fully saturated rings. The molecule has 0 saturated carbocycles. The van der Waals surface area contributed by atoms with Crippen LogP contribution in [-0.4, -0.2) is 29.9 Å². The van der Waals surface area contributed by atoms with Gasteiger partial charge in [-0.1, -0.05) is 19.1 Å². The number of hydrogen-bond donors (Lipinski definition) is 1. The van der Waals surface area contributed by atoms with Crippen LogP contribution in [0.2, 0.25) is 0 Å². The van der Waals surface area contributed by atoms with Crippen molar-refractivity contribution in [2.24, 2.45) is 11.7 Å². The summed E-state index contributed by atoms with van der Waals surface area (Å²) < 4.78 is 13.1. The Morgan fingerprint density at radius 2 is 2.32 bits per heavy atom. The lowest BCUT2D eigenvalue weighted by atomic mass is 9.92. The Bertz CT molecular complexity index is 450. The van der Waals surface area contributed by atoms with Gasteiger partial charge in [0.15, 0.2) is 0 Å². The van der Waals surface area contributed by atoms with E-state index in [2.05, 4.69) is 6.92 Å². The summed E-state index contributed by atoms with van der Waals surface area (Å²) in [4.78, 5) is 14.2. The van der Waals surface area contributed by atoms with E-state index in [1.165, 1.54) is 12.1 Å². The second-order valence-corrected chi connectivity index (χ2v) is 5.41. The minimum Gasteiger partial charge on any atom is -0.338 e. The number of benzene rings is 1. The van der Waals surface area contributed by atoms with Gasteiger partial charge in [-0.3, -0.25) is 4.79 Å². The van der Waals surface area contributed by atoms with Crippen LogP contribution in [0.1, 0.15) is 25.3 Å². The number of amides is 1. The van der Waals surface area contributed by atoms with Gasteiger partial charge < -0.3 is 10.6 Å². The molecular weight excluding hydrogens is 243 g/mol. The van der Waals surface area contributed by atoms with E-state index >= 15 is 0 Å². The first kappa shape index (κ1) is 14.0. The maximum absolute atomic E-state index is 13.1. The van der Waals surface area contributed by atoms with Crippen molar-refractivity contribution in [1.82, 2.24) is 4.90 Å². The van der Waals surface area contributed by atoms with Gasteiger partial charge >= 0.3 is 0 Å². The highest BCUT2D eigenvalue weighted by molar-refractivity contribution is 5.79. The quantitative estimate of drug-likeness (QED) is 0.907. The number of carbonyl (C=O) groups excluding carboxylic acids is 1. The Morgan fingerprint density at radius 3 is 3.00 bits per heavy atom. The van der Waals surface area contributed by atoms with Gasteiger partial charge in [0, 0.05) is 19.1 Å². The molecule has 2 N–H and O–H groups in total. The Hall–Kier alpha value is -1.42. The third kappa shape index (κ3) is 3.53. The van der Waals surface area contributed by atoms with Crippen molar-refractivity contribution in [1.29, 1.82) is 0 Å². The van der Waals surface area contributed by atoms with Crippen molar-refractivity contribution >= 4 is 5.91 Å².